The van der Waals surface area contributed by atoms with Crippen molar-refractivity contribution in [2.75, 3.05) is 0 Å². The third kappa shape index (κ3) is 4.70. The van der Waals surface area contributed by atoms with E-state index in [0.717, 1.165) is 19.3 Å². The van der Waals surface area contributed by atoms with E-state index in [1.165, 1.54) is 0 Å². The minimum Gasteiger partial charge on any atom is -0.350 e. The van der Waals surface area contributed by atoms with E-state index < -0.39 is 6.04 Å². The number of rotatable bonds is 4. The molecule has 2 amide bonds. The highest BCUT2D eigenvalue weighted by molar-refractivity contribution is 5.83. The monoisotopic (exact) mass is 267 g/mol. The Kier molecular flexibility index (Phi) is 7.42. The van der Waals surface area contributed by atoms with Gasteiger partial charge in [0.15, 0.2) is 0 Å². The molecular formula is C13H21N3O3. The van der Waals surface area contributed by atoms with Crippen molar-refractivity contribution in [1.82, 2.24) is 10.6 Å². The van der Waals surface area contributed by atoms with Gasteiger partial charge in [-0.05, 0) is 25.7 Å². The summed E-state index contributed by atoms with van der Waals surface area (Å²) in [5, 5.41) is 14.1. The highest BCUT2D eigenvalue weighted by atomic mass is 16.2. The Balaban J connectivity index is 0.000000741. The van der Waals surface area contributed by atoms with Gasteiger partial charge in [0, 0.05) is 11.5 Å². The van der Waals surface area contributed by atoms with Crippen LogP contribution in [0.1, 0.15) is 39.5 Å². The first-order chi connectivity index (χ1) is 9.19. The van der Waals surface area contributed by atoms with Gasteiger partial charge in [0.25, 0.3) is 0 Å². The summed E-state index contributed by atoms with van der Waals surface area (Å²) in [5.41, 5.74) is 0.0446. The number of amides is 2. The molecule has 1 aliphatic heterocycles. The SMILES string of the molecule is C=O.CC.N#CC(CC1CC2(CC2)NC1=O)NC=O. The third-order valence-electron chi connectivity index (χ3n) is 3.20. The molecule has 19 heavy (non-hydrogen) atoms. The molecule has 106 valence electrons. The van der Waals surface area contributed by atoms with E-state index in [1.54, 1.807) is 0 Å². The molecule has 2 N–H and O–H groups in total. The second kappa shape index (κ2) is 8.25. The molecule has 1 saturated heterocycles. The zero-order valence-corrected chi connectivity index (χ0v) is 11.4. The molecule has 6 heteroatoms. The van der Waals surface area contributed by atoms with Crippen molar-refractivity contribution in [3.63, 3.8) is 0 Å². The lowest BCUT2D eigenvalue weighted by Crippen LogP contribution is -2.31. The topological polar surface area (TPSA) is 99.1 Å². The van der Waals surface area contributed by atoms with Crippen molar-refractivity contribution in [2.24, 2.45) is 5.92 Å². The molecule has 0 aromatic heterocycles. The number of hydrogen-bond acceptors (Lipinski definition) is 4. The van der Waals surface area contributed by atoms with Crippen LogP contribution in [0.3, 0.4) is 0 Å². The molecule has 1 spiro atoms. The van der Waals surface area contributed by atoms with Crippen LogP contribution in [0.4, 0.5) is 0 Å². The highest BCUT2D eigenvalue weighted by Gasteiger charge is 2.52. The van der Waals surface area contributed by atoms with Gasteiger partial charge < -0.3 is 15.4 Å². The molecule has 2 unspecified atom stereocenters. The van der Waals surface area contributed by atoms with Crippen LogP contribution in [0.25, 0.3) is 0 Å². The van der Waals surface area contributed by atoms with Gasteiger partial charge in [-0.2, -0.15) is 5.26 Å². The molecule has 1 heterocycles. The van der Waals surface area contributed by atoms with E-state index >= 15 is 0 Å². The van der Waals surface area contributed by atoms with Gasteiger partial charge in [-0.25, -0.2) is 0 Å². The lowest BCUT2D eigenvalue weighted by Gasteiger charge is -2.11. The Morgan fingerprint density at radius 1 is 1.58 bits per heavy atom. The normalized spacial score (nSPS) is 22.6. The molecule has 2 fully saturated rings. The lowest BCUT2D eigenvalue weighted by atomic mass is 9.96. The molecule has 0 aromatic carbocycles. The van der Waals surface area contributed by atoms with Crippen LogP contribution in [0.5, 0.6) is 0 Å². The number of hydrogen-bond donors (Lipinski definition) is 2. The lowest BCUT2D eigenvalue weighted by molar-refractivity contribution is -0.123. The van der Waals surface area contributed by atoms with E-state index in [4.69, 9.17) is 10.1 Å². The van der Waals surface area contributed by atoms with Gasteiger partial charge >= 0.3 is 0 Å². The summed E-state index contributed by atoms with van der Waals surface area (Å²) in [6, 6.07) is 1.43. The minimum absolute atomic E-state index is 0.0282. The van der Waals surface area contributed by atoms with Crippen LogP contribution in [0.15, 0.2) is 0 Å². The van der Waals surface area contributed by atoms with E-state index in [1.807, 2.05) is 26.7 Å². The average Bonchev–Trinajstić information content (AvgIpc) is 3.13. The van der Waals surface area contributed by atoms with Gasteiger partial charge in [0.2, 0.25) is 12.3 Å². The molecule has 0 aromatic rings. The second-order valence-electron chi connectivity index (χ2n) is 4.37. The number of carbonyl (C=O) groups excluding carboxylic acids is 3. The summed E-state index contributed by atoms with van der Waals surface area (Å²) in [6.45, 7) is 6.00. The Morgan fingerprint density at radius 3 is 2.53 bits per heavy atom. The van der Waals surface area contributed by atoms with Crippen molar-refractivity contribution >= 4 is 19.1 Å². The first-order valence-electron chi connectivity index (χ1n) is 6.39. The maximum absolute atomic E-state index is 11.5. The summed E-state index contributed by atoms with van der Waals surface area (Å²) < 4.78 is 0. The van der Waals surface area contributed by atoms with Gasteiger partial charge in [-0.3, -0.25) is 9.59 Å². The molecule has 6 nitrogen and oxygen atoms in total. The molecule has 0 bridgehead atoms. The Hall–Kier alpha value is -1.90. The summed E-state index contributed by atoms with van der Waals surface area (Å²) in [7, 11) is 0. The highest BCUT2D eigenvalue weighted by Crippen LogP contribution is 2.46. The van der Waals surface area contributed by atoms with E-state index in [9.17, 15) is 9.59 Å². The Labute approximate surface area is 113 Å². The number of nitriles is 1. The molecule has 1 aliphatic carbocycles. The van der Waals surface area contributed by atoms with Crippen LogP contribution >= 0.6 is 0 Å². The van der Waals surface area contributed by atoms with Crippen molar-refractivity contribution < 1.29 is 14.4 Å². The molecular weight excluding hydrogens is 246 g/mol. The van der Waals surface area contributed by atoms with Crippen LogP contribution in [-0.4, -0.2) is 30.7 Å². The maximum Gasteiger partial charge on any atom is 0.223 e. The summed E-state index contributed by atoms with van der Waals surface area (Å²) in [6.07, 6.45) is 3.84. The fraction of sp³-hybridized carbons (Fsp3) is 0.692. The second-order valence-corrected chi connectivity index (χ2v) is 4.37. The van der Waals surface area contributed by atoms with Gasteiger partial charge in [0.1, 0.15) is 12.8 Å². The predicted octanol–water partition coefficient (Wildman–Crippen LogP) is 0.525. The molecule has 0 radical (unpaired) electrons. The predicted molar refractivity (Wildman–Crippen MR) is 69.9 cm³/mol. The van der Waals surface area contributed by atoms with E-state index in [-0.39, 0.29) is 17.4 Å². The van der Waals surface area contributed by atoms with E-state index in [0.29, 0.717) is 12.8 Å². The number of carbonyl (C=O) groups is 3. The Morgan fingerprint density at radius 2 is 2.16 bits per heavy atom. The third-order valence-corrected chi connectivity index (χ3v) is 3.20. The fourth-order valence-corrected chi connectivity index (χ4v) is 2.17. The standard InChI is InChI=1S/C10H13N3O2.C2H6.CH2O/c11-5-8(12-6-14)3-7-4-10(1-2-10)13-9(7)15;2*1-2/h6-8H,1-4H2,(H,12,14)(H,13,15);1-2H3;1H2. The molecule has 2 atom stereocenters. The average molecular weight is 267 g/mol. The molecule has 2 rings (SSSR count). The summed E-state index contributed by atoms with van der Waals surface area (Å²) >= 11 is 0. The zero-order chi connectivity index (χ0) is 14.9. The first kappa shape index (κ1) is 17.1. The molecule has 2 aliphatic rings. The summed E-state index contributed by atoms with van der Waals surface area (Å²) in [5.74, 6) is -0.0925. The van der Waals surface area contributed by atoms with Crippen molar-refractivity contribution in [3.8, 4) is 6.07 Å². The van der Waals surface area contributed by atoms with E-state index in [2.05, 4.69) is 10.6 Å². The molecule has 1 saturated carbocycles. The minimum atomic E-state index is -0.549. The van der Waals surface area contributed by atoms with Gasteiger partial charge in [-0.1, -0.05) is 13.8 Å². The van der Waals surface area contributed by atoms with Crippen molar-refractivity contribution in [3.05, 3.63) is 0 Å². The maximum atomic E-state index is 11.5. The largest absolute Gasteiger partial charge is 0.350 e. The van der Waals surface area contributed by atoms with Gasteiger partial charge in [0.05, 0.1) is 6.07 Å². The first-order valence-corrected chi connectivity index (χ1v) is 6.39. The van der Waals surface area contributed by atoms with Crippen LogP contribution < -0.4 is 10.6 Å². The smallest absolute Gasteiger partial charge is 0.223 e. The van der Waals surface area contributed by atoms with Crippen LogP contribution in [0, 0.1) is 17.2 Å². The quantitative estimate of drug-likeness (QED) is 0.725. The summed E-state index contributed by atoms with van der Waals surface area (Å²) in [4.78, 5) is 29.8. The van der Waals surface area contributed by atoms with Crippen molar-refractivity contribution in [2.45, 2.75) is 51.1 Å². The van der Waals surface area contributed by atoms with Gasteiger partial charge in [-0.15, -0.1) is 0 Å². The zero-order valence-electron chi connectivity index (χ0n) is 11.4. The van der Waals surface area contributed by atoms with Crippen LogP contribution in [-0.2, 0) is 14.4 Å². The van der Waals surface area contributed by atoms with Crippen LogP contribution in [0.2, 0.25) is 0 Å². The Bertz CT molecular complexity index is 348. The fourth-order valence-electron chi connectivity index (χ4n) is 2.17. The number of nitrogens with one attached hydrogen (secondary N) is 2. The van der Waals surface area contributed by atoms with Crippen molar-refractivity contribution in [1.29, 1.82) is 5.26 Å². The number of nitrogens with zero attached hydrogens (tertiary/aromatic N) is 1.